The monoisotopic (exact) mass is 557 g/mol. The van der Waals surface area contributed by atoms with Gasteiger partial charge in [-0.3, -0.25) is 4.79 Å². The predicted molar refractivity (Wildman–Crippen MR) is 87.0 cm³/mol. The number of alkyl halides is 16. The molecule has 35 heavy (non-hydrogen) atoms. The van der Waals surface area contributed by atoms with E-state index in [4.69, 9.17) is 0 Å². The van der Waals surface area contributed by atoms with Crippen molar-refractivity contribution in [2.24, 2.45) is 0 Å². The molecule has 2 nitrogen and oxygen atoms in total. The first kappa shape index (κ1) is 33.4. The summed E-state index contributed by atoms with van der Waals surface area (Å²) in [7, 11) is 0. The fraction of sp³-hybridized carbons (Fsp3) is 0.941. The summed E-state index contributed by atoms with van der Waals surface area (Å²) in [6.07, 6.45) is -3.32. The minimum atomic E-state index is -8.51. The molecule has 0 aliphatic carbocycles. The molecule has 0 heterocycles. The van der Waals surface area contributed by atoms with Crippen molar-refractivity contribution in [1.29, 1.82) is 0 Å². The van der Waals surface area contributed by atoms with Crippen LogP contribution < -0.4 is 5.32 Å². The van der Waals surface area contributed by atoms with Gasteiger partial charge in [-0.25, -0.2) is 8.78 Å². The van der Waals surface area contributed by atoms with Crippen LogP contribution in [0.5, 0.6) is 0 Å². The fourth-order valence-corrected chi connectivity index (χ4v) is 2.50. The summed E-state index contributed by atoms with van der Waals surface area (Å²) in [5, 5.41) is 0.950. The third kappa shape index (κ3) is 5.54. The van der Waals surface area contributed by atoms with Crippen LogP contribution >= 0.6 is 0 Å². The van der Waals surface area contributed by atoms with E-state index in [-0.39, 0.29) is 12.8 Å². The van der Waals surface area contributed by atoms with Gasteiger partial charge in [0.1, 0.15) is 0 Å². The number of unbranched alkanes of at least 4 members (excludes halogenated alkanes) is 5. The molecule has 18 heteroatoms. The third-order valence-electron chi connectivity index (χ3n) is 4.77. The first-order valence-corrected chi connectivity index (χ1v) is 9.64. The van der Waals surface area contributed by atoms with Crippen molar-refractivity contribution >= 4 is 5.91 Å². The number of rotatable bonds is 15. The summed E-state index contributed by atoms with van der Waals surface area (Å²) in [6.45, 7) is 0.913. The van der Waals surface area contributed by atoms with E-state index < -0.39 is 60.3 Å². The third-order valence-corrected chi connectivity index (χ3v) is 4.77. The van der Waals surface area contributed by atoms with E-state index >= 15 is 0 Å². The number of halogens is 16. The molecule has 210 valence electrons. The van der Waals surface area contributed by atoms with E-state index in [0.717, 1.165) is 18.2 Å². The molecule has 1 N–H and O–H groups in total. The number of hydrogen-bond acceptors (Lipinski definition) is 1. The molecule has 0 saturated carbocycles. The van der Waals surface area contributed by atoms with Gasteiger partial charge in [0, 0.05) is 6.54 Å². The Morgan fingerprint density at radius 1 is 0.600 bits per heavy atom. The predicted octanol–water partition coefficient (Wildman–Crippen LogP) is 7.18. The summed E-state index contributed by atoms with van der Waals surface area (Å²) < 4.78 is 211. The van der Waals surface area contributed by atoms with Crippen LogP contribution in [0.4, 0.5) is 70.2 Å². The van der Waals surface area contributed by atoms with E-state index in [1.165, 1.54) is 0 Å². The second kappa shape index (κ2) is 10.8. The lowest BCUT2D eigenvalue weighted by molar-refractivity contribution is -0.443. The van der Waals surface area contributed by atoms with Gasteiger partial charge in [0.25, 0.3) is 5.91 Å². The van der Waals surface area contributed by atoms with Crippen LogP contribution in [0.25, 0.3) is 0 Å². The zero-order chi connectivity index (χ0) is 28.3. The van der Waals surface area contributed by atoms with Gasteiger partial charge in [0.15, 0.2) is 0 Å². The van der Waals surface area contributed by atoms with Crippen molar-refractivity contribution in [3.05, 3.63) is 0 Å². The first-order valence-electron chi connectivity index (χ1n) is 9.64. The second-order valence-corrected chi connectivity index (χ2v) is 7.39. The van der Waals surface area contributed by atoms with Gasteiger partial charge in [-0.05, 0) is 6.42 Å². The fourth-order valence-electron chi connectivity index (χ4n) is 2.50. The maximum absolute atomic E-state index is 13.7. The topological polar surface area (TPSA) is 29.1 Å². The largest absolute Gasteiger partial charge is 0.392 e. The lowest BCUT2D eigenvalue weighted by Crippen LogP contribution is -2.74. The quantitative estimate of drug-likeness (QED) is 0.168. The van der Waals surface area contributed by atoms with Crippen molar-refractivity contribution in [2.75, 3.05) is 6.54 Å². The second-order valence-electron chi connectivity index (χ2n) is 7.39. The van der Waals surface area contributed by atoms with Gasteiger partial charge in [-0.15, -0.1) is 0 Å². The van der Waals surface area contributed by atoms with Gasteiger partial charge in [-0.1, -0.05) is 39.0 Å². The molecule has 1 amide bonds. The number of amides is 1. The number of carbonyl (C=O) groups excluding carboxylic acids is 1. The SMILES string of the molecule is CCCCCCCCNC(=O)C(F)(F)C(F)(F)C(F)(F)C(F)(F)C(F)(F)C(F)(F)C(F)(F)C(F)F. The highest BCUT2D eigenvalue weighted by Crippen LogP contribution is 2.62. The zero-order valence-electron chi connectivity index (χ0n) is 17.5. The van der Waals surface area contributed by atoms with Gasteiger partial charge in [-0.2, -0.15) is 61.5 Å². The van der Waals surface area contributed by atoms with Crippen molar-refractivity contribution in [1.82, 2.24) is 5.32 Å². The number of nitrogens with one attached hydrogen (secondary N) is 1. The molecule has 0 aliphatic rings. The van der Waals surface area contributed by atoms with Gasteiger partial charge in [0.2, 0.25) is 0 Å². The first-order chi connectivity index (χ1) is 15.4. The standard InChI is InChI=1S/C17H19F16NO/c1-2-3-4-5-6-7-8-34-10(35)12(22,23)14(26,27)16(30,31)17(32,33)15(28,29)13(24,25)11(20,21)9(18)19/h9H,2-8H2,1H3,(H,34,35). The van der Waals surface area contributed by atoms with Gasteiger partial charge in [0.05, 0.1) is 0 Å². The van der Waals surface area contributed by atoms with Crippen molar-refractivity contribution < 1.29 is 75.0 Å². The Balaban J connectivity index is 5.95. The van der Waals surface area contributed by atoms with Crippen LogP contribution in [-0.2, 0) is 4.79 Å². The van der Waals surface area contributed by atoms with Crippen LogP contribution in [0.3, 0.4) is 0 Å². The van der Waals surface area contributed by atoms with Crippen LogP contribution in [0, 0.1) is 0 Å². The smallest absolute Gasteiger partial charge is 0.351 e. The molecule has 0 spiro atoms. The average molecular weight is 557 g/mol. The van der Waals surface area contributed by atoms with Crippen molar-refractivity contribution in [3.8, 4) is 0 Å². The molecule has 0 radical (unpaired) electrons. The highest BCUT2D eigenvalue weighted by molar-refractivity contribution is 5.84. The Morgan fingerprint density at radius 2 is 0.971 bits per heavy atom. The van der Waals surface area contributed by atoms with Gasteiger partial charge < -0.3 is 5.32 Å². The van der Waals surface area contributed by atoms with E-state index in [9.17, 15) is 75.0 Å². The molecular formula is C17H19F16NO. The van der Waals surface area contributed by atoms with Crippen LogP contribution in [-0.4, -0.2) is 60.3 Å². The highest BCUT2D eigenvalue weighted by atomic mass is 19.4. The molecule has 0 aromatic heterocycles. The van der Waals surface area contributed by atoms with E-state index in [1.54, 1.807) is 0 Å². The van der Waals surface area contributed by atoms with Crippen LogP contribution in [0.2, 0.25) is 0 Å². The van der Waals surface area contributed by atoms with Crippen LogP contribution in [0.15, 0.2) is 0 Å². The molecule has 0 fully saturated rings. The maximum Gasteiger partial charge on any atom is 0.392 e. The van der Waals surface area contributed by atoms with E-state index in [0.29, 0.717) is 12.8 Å². The summed E-state index contributed by atoms with van der Waals surface area (Å²) >= 11 is 0. The normalized spacial score (nSPS) is 15.0. The summed E-state index contributed by atoms with van der Waals surface area (Å²) in [6, 6.07) is 0. The molecule has 0 aliphatic heterocycles. The minimum Gasteiger partial charge on any atom is -0.351 e. The molecule has 0 atom stereocenters. The zero-order valence-corrected chi connectivity index (χ0v) is 17.5. The molecular weight excluding hydrogens is 538 g/mol. The maximum atomic E-state index is 13.7. The summed E-state index contributed by atoms with van der Waals surface area (Å²) in [5.74, 6) is -59.2. The van der Waals surface area contributed by atoms with E-state index in [1.807, 2.05) is 6.92 Å². The Labute approximate surface area is 187 Å². The summed E-state index contributed by atoms with van der Waals surface area (Å²) in [4.78, 5) is 11.2. The Morgan fingerprint density at radius 3 is 1.40 bits per heavy atom. The summed E-state index contributed by atoms with van der Waals surface area (Å²) in [5.41, 5.74) is 0. The Kier molecular flexibility index (Phi) is 10.3. The van der Waals surface area contributed by atoms with Crippen molar-refractivity contribution in [3.63, 3.8) is 0 Å². The number of carbonyl (C=O) groups is 1. The van der Waals surface area contributed by atoms with E-state index in [2.05, 4.69) is 0 Å². The minimum absolute atomic E-state index is 0.191. The van der Waals surface area contributed by atoms with Gasteiger partial charge >= 0.3 is 47.9 Å². The molecule has 0 aromatic carbocycles. The number of hydrogen-bond donors (Lipinski definition) is 1. The molecule has 0 rings (SSSR count). The molecule has 0 aromatic rings. The molecule has 0 unspecified atom stereocenters. The van der Waals surface area contributed by atoms with Crippen LogP contribution in [0.1, 0.15) is 45.4 Å². The molecule has 0 saturated heterocycles. The lowest BCUT2D eigenvalue weighted by atomic mass is 9.89. The van der Waals surface area contributed by atoms with Crippen molar-refractivity contribution in [2.45, 2.75) is 93.3 Å². The average Bonchev–Trinajstić information content (AvgIpc) is 2.71. The highest BCUT2D eigenvalue weighted by Gasteiger charge is 2.94. The lowest BCUT2D eigenvalue weighted by Gasteiger charge is -2.42. The Hall–Kier alpha value is -1.65. The molecule has 0 bridgehead atoms. The Bertz CT molecular complexity index is 706.